The van der Waals surface area contributed by atoms with Crippen molar-refractivity contribution < 1.29 is 47.7 Å². The van der Waals surface area contributed by atoms with Crippen molar-refractivity contribution in [2.24, 2.45) is 33.5 Å². The van der Waals surface area contributed by atoms with E-state index in [9.17, 15) is 24.0 Å². The van der Waals surface area contributed by atoms with Crippen molar-refractivity contribution in [2.75, 3.05) is 6.61 Å². The van der Waals surface area contributed by atoms with Gasteiger partial charge in [-0.3, -0.25) is 28.9 Å². The van der Waals surface area contributed by atoms with Crippen molar-refractivity contribution in [2.45, 2.75) is 178 Å². The number of piperidine rings is 1. The first kappa shape index (κ1) is 41.9. The van der Waals surface area contributed by atoms with Gasteiger partial charge in [0.25, 0.3) is 0 Å². The van der Waals surface area contributed by atoms with Crippen LogP contribution in [0.5, 0.6) is 0 Å². The number of ketones is 1. The molecule has 9 atom stereocenters. The Labute approximate surface area is 300 Å². The summed E-state index contributed by atoms with van der Waals surface area (Å²) in [5.41, 5.74) is -3.70. The molecule has 3 aliphatic rings. The molecular weight excluding hydrogens is 642 g/mol. The highest BCUT2D eigenvalue weighted by atomic mass is 16.7. The summed E-state index contributed by atoms with van der Waals surface area (Å²) in [6, 6.07) is -0.465. The number of nitrogens with zero attached hydrogens (tertiary/aromatic N) is 1. The van der Waals surface area contributed by atoms with Crippen LogP contribution in [0.15, 0.2) is 0 Å². The van der Waals surface area contributed by atoms with Crippen LogP contribution in [-0.4, -0.2) is 83.9 Å². The van der Waals surface area contributed by atoms with E-state index in [1.165, 1.54) is 0 Å². The van der Waals surface area contributed by atoms with Crippen LogP contribution in [0.2, 0.25) is 0 Å². The number of rotatable bonds is 8. The van der Waals surface area contributed by atoms with Crippen LogP contribution in [0, 0.1) is 33.5 Å². The Kier molecular flexibility index (Phi) is 13.1. The van der Waals surface area contributed by atoms with Crippen LogP contribution in [-0.2, 0) is 47.7 Å². The molecule has 2 saturated heterocycles. The summed E-state index contributed by atoms with van der Waals surface area (Å²) < 4.78 is 31.6. The van der Waals surface area contributed by atoms with E-state index in [2.05, 4.69) is 18.7 Å². The van der Waals surface area contributed by atoms with E-state index in [0.29, 0.717) is 12.8 Å². The molecule has 2 aliphatic heterocycles. The summed E-state index contributed by atoms with van der Waals surface area (Å²) in [5.74, 6) is -2.11. The van der Waals surface area contributed by atoms with E-state index in [1.807, 2.05) is 0 Å². The van der Waals surface area contributed by atoms with Gasteiger partial charge >= 0.3 is 23.9 Å². The first-order chi connectivity index (χ1) is 22.8. The SMILES string of the molecule is CCC[C@H]1CC(=O)[C@@H]2[C@H](C)CCC[C@H]2N1[C@@H]1O[C@H](COC(=O)C(C)(C)C)[C@H](OC(=O)C(C)(C)C)[C@H](OC(=O)C(C)(C)C)[C@H]1OC(=O)C(C)(C)C. The lowest BCUT2D eigenvalue weighted by Crippen LogP contribution is -2.71. The number of hydrogen-bond donors (Lipinski definition) is 0. The lowest BCUT2D eigenvalue weighted by atomic mass is 9.69. The summed E-state index contributed by atoms with van der Waals surface area (Å²) >= 11 is 0. The first-order valence-corrected chi connectivity index (χ1v) is 18.5. The average Bonchev–Trinajstić information content (AvgIpc) is 2.96. The normalized spacial score (nSPS) is 31.3. The molecule has 0 aromatic carbocycles. The molecule has 0 spiro atoms. The molecule has 0 unspecified atom stereocenters. The zero-order valence-electron chi connectivity index (χ0n) is 33.2. The zero-order chi connectivity index (χ0) is 38.1. The maximum Gasteiger partial charge on any atom is 0.311 e. The largest absolute Gasteiger partial charge is 0.462 e. The first-order valence-electron chi connectivity index (χ1n) is 18.5. The van der Waals surface area contributed by atoms with Crippen molar-refractivity contribution in [3.63, 3.8) is 0 Å². The molecule has 50 heavy (non-hydrogen) atoms. The summed E-state index contributed by atoms with van der Waals surface area (Å²) in [5, 5.41) is 0. The summed E-state index contributed by atoms with van der Waals surface area (Å²) in [6.45, 7) is 24.5. The van der Waals surface area contributed by atoms with Crippen LogP contribution in [0.1, 0.15) is 135 Å². The molecule has 3 fully saturated rings. The molecule has 1 saturated carbocycles. The molecule has 0 aromatic rings. The molecule has 0 bridgehead atoms. The fourth-order valence-corrected chi connectivity index (χ4v) is 6.93. The number of Topliss-reactive ketones (excluding diaryl/α,β-unsaturated/α-hetero) is 1. The Hall–Kier alpha value is -2.53. The van der Waals surface area contributed by atoms with Gasteiger partial charge < -0.3 is 23.7 Å². The van der Waals surface area contributed by atoms with Gasteiger partial charge in [-0.15, -0.1) is 0 Å². The van der Waals surface area contributed by atoms with Gasteiger partial charge in [0.1, 0.15) is 18.5 Å². The predicted octanol–water partition coefficient (Wildman–Crippen LogP) is 6.42. The maximum absolute atomic E-state index is 13.8. The average molecular weight is 708 g/mol. The molecule has 3 rings (SSSR count). The van der Waals surface area contributed by atoms with Crippen LogP contribution in [0.4, 0.5) is 0 Å². The highest BCUT2D eigenvalue weighted by Crippen LogP contribution is 2.45. The van der Waals surface area contributed by atoms with Crippen molar-refractivity contribution in [3.8, 4) is 0 Å². The highest BCUT2D eigenvalue weighted by Gasteiger charge is 2.59. The summed E-state index contributed by atoms with van der Waals surface area (Å²) in [6.07, 6.45) is -1.63. The molecule has 0 amide bonds. The van der Waals surface area contributed by atoms with Crippen LogP contribution >= 0.6 is 0 Å². The lowest BCUT2D eigenvalue weighted by molar-refractivity contribution is -0.296. The van der Waals surface area contributed by atoms with Gasteiger partial charge in [0.05, 0.1) is 21.7 Å². The fourth-order valence-electron chi connectivity index (χ4n) is 6.93. The molecule has 0 N–H and O–H groups in total. The molecular formula is C39H65NO10. The van der Waals surface area contributed by atoms with Crippen LogP contribution < -0.4 is 0 Å². The maximum atomic E-state index is 13.8. The van der Waals surface area contributed by atoms with Crippen LogP contribution in [0.3, 0.4) is 0 Å². The van der Waals surface area contributed by atoms with Gasteiger partial charge in [-0.1, -0.05) is 26.7 Å². The molecule has 0 radical (unpaired) electrons. The Balaban J connectivity index is 2.30. The third kappa shape index (κ3) is 9.87. The van der Waals surface area contributed by atoms with Gasteiger partial charge in [-0.05, 0) is 108 Å². The van der Waals surface area contributed by atoms with E-state index < -0.39 is 76.2 Å². The Morgan fingerprint density at radius 1 is 0.720 bits per heavy atom. The number of esters is 4. The van der Waals surface area contributed by atoms with E-state index in [0.717, 1.165) is 25.7 Å². The topological polar surface area (TPSA) is 135 Å². The fraction of sp³-hybridized carbons (Fsp3) is 0.872. The van der Waals surface area contributed by atoms with Crippen molar-refractivity contribution in [3.05, 3.63) is 0 Å². The summed E-state index contributed by atoms with van der Waals surface area (Å²) in [4.78, 5) is 70.2. The number of hydrogen-bond acceptors (Lipinski definition) is 11. The third-order valence-electron chi connectivity index (χ3n) is 9.88. The third-order valence-corrected chi connectivity index (χ3v) is 9.88. The Morgan fingerprint density at radius 3 is 1.68 bits per heavy atom. The molecule has 0 aromatic heterocycles. The van der Waals surface area contributed by atoms with Gasteiger partial charge in [0.2, 0.25) is 0 Å². The number of ether oxygens (including phenoxy) is 5. The van der Waals surface area contributed by atoms with Crippen LogP contribution in [0.25, 0.3) is 0 Å². The monoisotopic (exact) mass is 707 g/mol. The van der Waals surface area contributed by atoms with Crippen molar-refractivity contribution in [1.29, 1.82) is 0 Å². The van der Waals surface area contributed by atoms with Gasteiger partial charge in [-0.25, -0.2) is 0 Å². The second-order valence-corrected chi connectivity index (χ2v) is 18.8. The zero-order valence-corrected chi connectivity index (χ0v) is 33.2. The smallest absolute Gasteiger partial charge is 0.311 e. The second-order valence-electron chi connectivity index (χ2n) is 18.8. The molecule has 2 heterocycles. The predicted molar refractivity (Wildman–Crippen MR) is 188 cm³/mol. The minimum absolute atomic E-state index is 0.143. The molecule has 11 nitrogen and oxygen atoms in total. The van der Waals surface area contributed by atoms with E-state index in [1.54, 1.807) is 83.1 Å². The summed E-state index contributed by atoms with van der Waals surface area (Å²) in [7, 11) is 0. The van der Waals surface area contributed by atoms with Gasteiger partial charge in [-0.2, -0.15) is 0 Å². The van der Waals surface area contributed by atoms with Gasteiger partial charge in [0.15, 0.2) is 24.5 Å². The molecule has 11 heteroatoms. The molecule has 286 valence electrons. The minimum atomic E-state index is -1.32. The Bertz CT molecular complexity index is 1250. The van der Waals surface area contributed by atoms with Crippen molar-refractivity contribution >= 4 is 29.7 Å². The quantitative estimate of drug-likeness (QED) is 0.204. The molecule has 1 aliphatic carbocycles. The highest BCUT2D eigenvalue weighted by molar-refractivity contribution is 5.84. The van der Waals surface area contributed by atoms with E-state index in [4.69, 9.17) is 23.7 Å². The minimum Gasteiger partial charge on any atom is -0.462 e. The second kappa shape index (κ2) is 15.6. The van der Waals surface area contributed by atoms with E-state index >= 15 is 0 Å². The lowest BCUT2D eigenvalue weighted by Gasteiger charge is -2.56. The number of carbonyl (C=O) groups excluding carboxylic acids is 5. The standard InChI is InChI=1S/C39H65NO10/c1-15-17-23-20-25(41)27-22(2)18-16-19-24(27)40(23)31-30(50-35(45)39(12,13)14)29(49-34(44)38(9,10)11)28(48-33(43)37(6,7)8)26(47-31)21-46-32(42)36(3,4)5/h22-24,26-31H,15-21H2,1-14H3/t22-,23+,24-,26-,27-,28+,29+,30-,31-/m1/s1. The number of fused-ring (bicyclic) bond motifs is 1. The van der Waals surface area contributed by atoms with Crippen molar-refractivity contribution in [1.82, 2.24) is 4.90 Å². The number of likely N-dealkylation sites (tertiary alicyclic amines) is 1. The van der Waals surface area contributed by atoms with Gasteiger partial charge in [0, 0.05) is 24.4 Å². The van der Waals surface area contributed by atoms with E-state index in [-0.39, 0.29) is 36.3 Å². The Morgan fingerprint density at radius 2 is 1.20 bits per heavy atom. The number of carbonyl (C=O) groups is 5.